The lowest BCUT2D eigenvalue weighted by molar-refractivity contribution is -0.122. The third-order valence-corrected chi connectivity index (χ3v) is 5.66. The molecule has 1 N–H and O–H groups in total. The summed E-state index contributed by atoms with van der Waals surface area (Å²) in [7, 11) is 1.54. The summed E-state index contributed by atoms with van der Waals surface area (Å²) in [4.78, 5) is 41.2. The summed E-state index contributed by atoms with van der Waals surface area (Å²) in [6.07, 6.45) is 0. The van der Waals surface area contributed by atoms with Crippen molar-refractivity contribution in [2.45, 2.75) is 6.04 Å². The first-order valence-electron chi connectivity index (χ1n) is 10.4. The van der Waals surface area contributed by atoms with Crippen LogP contribution in [-0.2, 0) is 14.4 Å². The van der Waals surface area contributed by atoms with Gasteiger partial charge in [0.05, 0.1) is 18.5 Å². The Morgan fingerprint density at radius 2 is 1.48 bits per heavy atom. The maximum absolute atomic E-state index is 13.5. The van der Waals surface area contributed by atoms with Crippen LogP contribution in [0, 0.1) is 5.92 Å². The molecule has 2 aliphatic rings. The van der Waals surface area contributed by atoms with Crippen LogP contribution in [0.15, 0.2) is 90.0 Å². The Balaban J connectivity index is 1.53. The standard InChI is InChI=1S/C25H20N4O4/c1-33-19-14-12-17(13-15-19)28-24(31)20-21(23(30)26-16-8-4-2-5-9-16)27-29(22(20)25(28)32)18-10-6-3-7-11-18/h2-15,20,22H,1H3,(H,26,30). The number of amides is 3. The second-order valence-corrected chi connectivity index (χ2v) is 7.62. The van der Waals surface area contributed by atoms with E-state index in [4.69, 9.17) is 4.74 Å². The van der Waals surface area contributed by atoms with E-state index >= 15 is 0 Å². The fourth-order valence-corrected chi connectivity index (χ4v) is 4.10. The first-order valence-corrected chi connectivity index (χ1v) is 10.4. The molecule has 0 bridgehead atoms. The molecule has 0 saturated carbocycles. The lowest BCUT2D eigenvalue weighted by atomic mass is 9.97. The van der Waals surface area contributed by atoms with Gasteiger partial charge in [-0.1, -0.05) is 36.4 Å². The predicted octanol–water partition coefficient (Wildman–Crippen LogP) is 3.07. The van der Waals surface area contributed by atoms with E-state index in [0.717, 1.165) is 4.90 Å². The van der Waals surface area contributed by atoms with E-state index in [9.17, 15) is 14.4 Å². The van der Waals surface area contributed by atoms with E-state index in [2.05, 4.69) is 10.4 Å². The summed E-state index contributed by atoms with van der Waals surface area (Å²) >= 11 is 0. The second kappa shape index (κ2) is 8.23. The number of ether oxygens (including phenoxy) is 1. The second-order valence-electron chi connectivity index (χ2n) is 7.62. The van der Waals surface area contributed by atoms with Crippen LogP contribution in [0.5, 0.6) is 5.75 Å². The van der Waals surface area contributed by atoms with E-state index < -0.39 is 29.7 Å². The topological polar surface area (TPSA) is 91.3 Å². The highest BCUT2D eigenvalue weighted by molar-refractivity contribution is 6.51. The lowest BCUT2D eigenvalue weighted by Gasteiger charge is -2.22. The predicted molar refractivity (Wildman–Crippen MR) is 124 cm³/mol. The van der Waals surface area contributed by atoms with Gasteiger partial charge in [0.2, 0.25) is 5.91 Å². The Kier molecular flexibility index (Phi) is 5.10. The van der Waals surface area contributed by atoms with Crippen LogP contribution in [0.3, 0.4) is 0 Å². The maximum atomic E-state index is 13.5. The highest BCUT2D eigenvalue weighted by Crippen LogP contribution is 2.38. The molecule has 2 aliphatic heterocycles. The highest BCUT2D eigenvalue weighted by Gasteiger charge is 2.58. The number of carbonyl (C=O) groups excluding carboxylic acids is 3. The Labute approximate surface area is 190 Å². The number of nitrogens with zero attached hydrogens (tertiary/aromatic N) is 3. The molecular formula is C25H20N4O4. The van der Waals surface area contributed by atoms with Crippen LogP contribution in [0.2, 0.25) is 0 Å². The maximum Gasteiger partial charge on any atom is 0.272 e. The summed E-state index contributed by atoms with van der Waals surface area (Å²) in [6.45, 7) is 0. The van der Waals surface area contributed by atoms with Crippen LogP contribution in [-0.4, -0.2) is 36.6 Å². The van der Waals surface area contributed by atoms with Gasteiger partial charge in [-0.3, -0.25) is 19.4 Å². The van der Waals surface area contributed by atoms with Gasteiger partial charge in [0.15, 0.2) is 0 Å². The minimum atomic E-state index is -1.02. The van der Waals surface area contributed by atoms with Gasteiger partial charge in [-0.2, -0.15) is 5.10 Å². The molecular weight excluding hydrogens is 420 g/mol. The molecule has 0 spiro atoms. The largest absolute Gasteiger partial charge is 0.497 e. The fraction of sp³-hybridized carbons (Fsp3) is 0.120. The molecule has 3 aromatic rings. The van der Waals surface area contributed by atoms with Crippen molar-refractivity contribution in [1.82, 2.24) is 0 Å². The number of hydrogen-bond donors (Lipinski definition) is 1. The smallest absolute Gasteiger partial charge is 0.272 e. The van der Waals surface area contributed by atoms with Gasteiger partial charge in [-0.25, -0.2) is 4.90 Å². The van der Waals surface area contributed by atoms with Crippen molar-refractivity contribution in [3.05, 3.63) is 84.9 Å². The first-order chi connectivity index (χ1) is 16.1. The Bertz CT molecular complexity index is 1240. The molecule has 33 heavy (non-hydrogen) atoms. The number of hydrazone groups is 1. The number of rotatable bonds is 5. The number of anilines is 3. The van der Waals surface area contributed by atoms with E-state index in [-0.39, 0.29) is 5.71 Å². The van der Waals surface area contributed by atoms with Crippen LogP contribution in [0.1, 0.15) is 0 Å². The summed E-state index contributed by atoms with van der Waals surface area (Å²) < 4.78 is 5.17. The first kappa shape index (κ1) is 20.4. The summed E-state index contributed by atoms with van der Waals surface area (Å²) in [5.74, 6) is -1.87. The van der Waals surface area contributed by atoms with Crippen molar-refractivity contribution in [3.63, 3.8) is 0 Å². The van der Waals surface area contributed by atoms with Crippen molar-refractivity contribution in [2.24, 2.45) is 11.0 Å². The number of nitrogens with one attached hydrogen (secondary N) is 1. The molecule has 3 aromatic carbocycles. The number of fused-ring (bicyclic) bond motifs is 1. The van der Waals surface area contributed by atoms with Crippen LogP contribution in [0.25, 0.3) is 0 Å². The molecule has 1 saturated heterocycles. The molecule has 0 aliphatic carbocycles. The number of methoxy groups -OCH3 is 1. The van der Waals surface area contributed by atoms with Gasteiger partial charge in [0, 0.05) is 5.69 Å². The SMILES string of the molecule is COc1ccc(N2C(=O)C3C(C(=O)Nc4ccccc4)=NN(c4ccccc4)C3C2=O)cc1. The molecule has 2 heterocycles. The summed E-state index contributed by atoms with van der Waals surface area (Å²) in [5, 5.41) is 8.69. The van der Waals surface area contributed by atoms with Gasteiger partial charge in [0.1, 0.15) is 23.4 Å². The van der Waals surface area contributed by atoms with E-state index in [1.165, 1.54) is 12.1 Å². The van der Waals surface area contributed by atoms with E-state index in [0.29, 0.717) is 22.8 Å². The molecule has 2 atom stereocenters. The van der Waals surface area contributed by atoms with Crippen molar-refractivity contribution < 1.29 is 19.1 Å². The Morgan fingerprint density at radius 3 is 2.12 bits per heavy atom. The van der Waals surface area contributed by atoms with Crippen molar-refractivity contribution >= 4 is 40.5 Å². The molecule has 5 rings (SSSR count). The summed E-state index contributed by atoms with van der Waals surface area (Å²) in [6, 6.07) is 23.6. The third-order valence-electron chi connectivity index (χ3n) is 5.66. The van der Waals surface area contributed by atoms with Gasteiger partial charge in [-0.15, -0.1) is 0 Å². The normalized spacial score (nSPS) is 19.4. The zero-order valence-electron chi connectivity index (χ0n) is 17.7. The van der Waals surface area contributed by atoms with Gasteiger partial charge in [-0.05, 0) is 48.5 Å². The lowest BCUT2D eigenvalue weighted by Crippen LogP contribution is -2.39. The molecule has 2 unspecified atom stereocenters. The molecule has 0 radical (unpaired) electrons. The zero-order valence-corrected chi connectivity index (χ0v) is 17.7. The molecule has 164 valence electrons. The molecule has 1 fully saturated rings. The number of carbonyl (C=O) groups is 3. The number of imide groups is 1. The monoisotopic (exact) mass is 440 g/mol. The number of benzene rings is 3. The third kappa shape index (κ3) is 3.51. The minimum Gasteiger partial charge on any atom is -0.497 e. The highest BCUT2D eigenvalue weighted by atomic mass is 16.5. The van der Waals surface area contributed by atoms with E-state index in [1.807, 2.05) is 24.3 Å². The van der Waals surface area contributed by atoms with Crippen molar-refractivity contribution in [1.29, 1.82) is 0 Å². The van der Waals surface area contributed by atoms with Crippen LogP contribution >= 0.6 is 0 Å². The van der Waals surface area contributed by atoms with Gasteiger partial charge in [0.25, 0.3) is 11.8 Å². The Hall–Kier alpha value is -4.46. The zero-order chi connectivity index (χ0) is 22.9. The fourth-order valence-electron chi connectivity index (χ4n) is 4.10. The number of para-hydroxylation sites is 2. The molecule has 8 heteroatoms. The van der Waals surface area contributed by atoms with Crippen LogP contribution in [0.4, 0.5) is 17.1 Å². The minimum absolute atomic E-state index is 0.00191. The van der Waals surface area contributed by atoms with Gasteiger partial charge < -0.3 is 10.1 Å². The Morgan fingerprint density at radius 1 is 0.848 bits per heavy atom. The average Bonchev–Trinajstić information content (AvgIpc) is 3.37. The molecule has 0 aromatic heterocycles. The summed E-state index contributed by atoms with van der Waals surface area (Å²) in [5.41, 5.74) is 1.61. The van der Waals surface area contributed by atoms with Crippen molar-refractivity contribution in [3.8, 4) is 5.75 Å². The average molecular weight is 440 g/mol. The van der Waals surface area contributed by atoms with Crippen LogP contribution < -0.4 is 20.0 Å². The number of hydrogen-bond acceptors (Lipinski definition) is 6. The van der Waals surface area contributed by atoms with Gasteiger partial charge >= 0.3 is 0 Å². The quantitative estimate of drug-likeness (QED) is 0.616. The van der Waals surface area contributed by atoms with E-state index in [1.54, 1.807) is 60.7 Å². The molecule has 3 amide bonds. The van der Waals surface area contributed by atoms with Crippen molar-refractivity contribution in [2.75, 3.05) is 22.3 Å². The molecule has 8 nitrogen and oxygen atoms in total.